The van der Waals surface area contributed by atoms with Gasteiger partial charge >= 0.3 is 0 Å². The number of hydrogen-bond acceptors (Lipinski definition) is 4. The normalized spacial score (nSPS) is 42.3. The molecule has 2 saturated carbocycles. The highest BCUT2D eigenvalue weighted by atomic mass is 35.5. The van der Waals surface area contributed by atoms with Crippen LogP contribution in [0.25, 0.3) is 16.7 Å². The van der Waals surface area contributed by atoms with Gasteiger partial charge in [-0.2, -0.15) is 0 Å². The molecule has 6 rings (SSSR count). The quantitative estimate of drug-likeness (QED) is 0.447. The van der Waals surface area contributed by atoms with Gasteiger partial charge in [0.05, 0.1) is 16.6 Å². The number of nitrogens with zero attached hydrogens (tertiary/aromatic N) is 1. The monoisotopic (exact) mass is 439 g/mol. The summed E-state index contributed by atoms with van der Waals surface area (Å²) in [7, 11) is 0. The van der Waals surface area contributed by atoms with Gasteiger partial charge in [0.25, 0.3) is 0 Å². The molecule has 164 valence electrons. The van der Waals surface area contributed by atoms with Gasteiger partial charge < -0.3 is 14.6 Å². The van der Waals surface area contributed by atoms with Crippen molar-refractivity contribution >= 4 is 28.3 Å². The van der Waals surface area contributed by atoms with Crippen LogP contribution in [0.2, 0.25) is 0 Å². The molecule has 1 aromatic heterocycles. The van der Waals surface area contributed by atoms with Gasteiger partial charge in [-0.05, 0) is 86.0 Å². The summed E-state index contributed by atoms with van der Waals surface area (Å²) in [5, 5.41) is 22.5. The molecule has 0 saturated heterocycles. The van der Waals surface area contributed by atoms with Crippen molar-refractivity contribution in [3.8, 4) is 0 Å². The topological polar surface area (TPSA) is 66.5 Å². The van der Waals surface area contributed by atoms with Gasteiger partial charge in [-0.3, -0.25) is 0 Å². The summed E-state index contributed by atoms with van der Waals surface area (Å²) in [5.41, 5.74) is 4.33. The van der Waals surface area contributed by atoms with Gasteiger partial charge in [0.2, 0.25) is 0 Å². The van der Waals surface area contributed by atoms with Crippen molar-refractivity contribution in [1.29, 1.82) is 0 Å². The van der Waals surface area contributed by atoms with Crippen molar-refractivity contribution < 1.29 is 14.6 Å². The first-order valence-electron chi connectivity index (χ1n) is 11.7. The zero-order valence-corrected chi connectivity index (χ0v) is 18.7. The Bertz CT molecular complexity index is 1110. The molecule has 2 fully saturated rings. The molecule has 5 heteroatoms. The first kappa shape index (κ1) is 20.0. The van der Waals surface area contributed by atoms with Crippen LogP contribution in [0.1, 0.15) is 63.9 Å². The van der Waals surface area contributed by atoms with Crippen LogP contribution in [0.15, 0.2) is 46.7 Å². The Balaban J connectivity index is 1.38. The van der Waals surface area contributed by atoms with Crippen LogP contribution in [0, 0.1) is 17.3 Å². The smallest absolute Gasteiger partial charge is 0.181 e. The minimum absolute atomic E-state index is 0.0798. The van der Waals surface area contributed by atoms with E-state index >= 15 is 0 Å². The number of alkyl halides is 1. The summed E-state index contributed by atoms with van der Waals surface area (Å²) >= 11 is 7.32. The van der Waals surface area contributed by atoms with E-state index in [1.165, 1.54) is 23.1 Å². The van der Waals surface area contributed by atoms with Crippen LogP contribution in [-0.2, 0) is 0 Å². The van der Waals surface area contributed by atoms with Gasteiger partial charge in [0.1, 0.15) is 5.52 Å². The molecule has 5 unspecified atom stereocenters. The third-order valence-electron chi connectivity index (χ3n) is 9.02. The molecule has 4 aliphatic carbocycles. The number of aliphatic hydroxyl groups is 2. The number of oxazole rings is 1. The maximum atomic E-state index is 12.3. The fourth-order valence-corrected chi connectivity index (χ4v) is 7.72. The van der Waals surface area contributed by atoms with Gasteiger partial charge in [0.15, 0.2) is 12.0 Å². The van der Waals surface area contributed by atoms with Gasteiger partial charge in [-0.15, -0.1) is 11.6 Å². The molecule has 0 radical (unpaired) electrons. The Morgan fingerprint density at radius 2 is 2.03 bits per heavy atom. The fraction of sp³-hybridized carbons (Fsp3) is 0.577. The van der Waals surface area contributed by atoms with E-state index in [9.17, 15) is 10.2 Å². The predicted octanol–water partition coefficient (Wildman–Crippen LogP) is 5.62. The largest absolute Gasteiger partial charge is 0.443 e. The van der Waals surface area contributed by atoms with E-state index in [1.807, 2.05) is 6.07 Å². The molecule has 0 aliphatic heterocycles. The standard InChI is InChI=1S/C26H30ClNO3/c1-24-10-11-25(27)14-18-12-19(29)4-2-16(18)8-9-26(25,30)23(24)7-5-20(24)17-3-6-22-21(13-17)28-15-31-22/h3,5-6,13-16,19,23,29-30H,2,4,7-12H2,1H3/t16?,19?,23?,24?,25?,26-/m0/s1. The number of aliphatic hydroxyl groups excluding tert-OH is 1. The molecule has 0 spiro atoms. The third-order valence-corrected chi connectivity index (χ3v) is 9.65. The van der Waals surface area contributed by atoms with Gasteiger partial charge in [-0.1, -0.05) is 30.7 Å². The molecule has 4 aliphatic rings. The lowest BCUT2D eigenvalue weighted by Crippen LogP contribution is -2.61. The Morgan fingerprint density at radius 3 is 2.90 bits per heavy atom. The molecule has 31 heavy (non-hydrogen) atoms. The highest BCUT2D eigenvalue weighted by Gasteiger charge is 2.64. The lowest BCUT2D eigenvalue weighted by molar-refractivity contribution is -0.106. The van der Waals surface area contributed by atoms with E-state index < -0.39 is 10.5 Å². The molecular weight excluding hydrogens is 410 g/mol. The van der Waals surface area contributed by atoms with E-state index in [-0.39, 0.29) is 17.4 Å². The summed E-state index contributed by atoms with van der Waals surface area (Å²) in [4.78, 5) is 3.58. The molecule has 1 aromatic carbocycles. The lowest BCUT2D eigenvalue weighted by atomic mass is 9.54. The number of hydrogen-bond donors (Lipinski definition) is 2. The van der Waals surface area contributed by atoms with E-state index in [4.69, 9.17) is 16.0 Å². The summed E-state index contributed by atoms with van der Waals surface area (Å²) in [5.74, 6) is 0.527. The van der Waals surface area contributed by atoms with Crippen LogP contribution in [0.5, 0.6) is 0 Å². The minimum atomic E-state index is -0.951. The molecule has 4 nitrogen and oxygen atoms in total. The molecule has 1 heterocycles. The molecule has 6 atom stereocenters. The van der Waals surface area contributed by atoms with Crippen molar-refractivity contribution in [3.63, 3.8) is 0 Å². The average molecular weight is 440 g/mol. The minimum Gasteiger partial charge on any atom is -0.443 e. The Morgan fingerprint density at radius 1 is 1.16 bits per heavy atom. The second-order valence-electron chi connectivity index (χ2n) is 10.5. The molecule has 2 aromatic rings. The van der Waals surface area contributed by atoms with Crippen LogP contribution in [0.3, 0.4) is 0 Å². The van der Waals surface area contributed by atoms with Crippen LogP contribution in [-0.4, -0.2) is 31.8 Å². The number of benzene rings is 1. The van der Waals surface area contributed by atoms with E-state index in [0.29, 0.717) is 12.3 Å². The first-order chi connectivity index (χ1) is 14.8. The summed E-state index contributed by atoms with van der Waals surface area (Å²) in [6.45, 7) is 2.31. The van der Waals surface area contributed by atoms with E-state index in [1.54, 1.807) is 0 Å². The number of aromatic nitrogens is 1. The SMILES string of the molecule is CC12CCC3(Cl)C=C4CC(O)CCC4CC[C@]3(O)C1CC=C2c1ccc2ocnc2c1. The number of rotatable bonds is 1. The number of halogens is 1. The summed E-state index contributed by atoms with van der Waals surface area (Å²) in [6.07, 6.45) is 12.5. The fourth-order valence-electron chi connectivity index (χ4n) is 7.26. The van der Waals surface area contributed by atoms with Crippen molar-refractivity contribution in [2.45, 2.75) is 74.9 Å². The Labute approximate surface area is 188 Å². The molecule has 0 amide bonds. The highest BCUT2D eigenvalue weighted by molar-refractivity contribution is 6.26. The Kier molecular flexibility index (Phi) is 4.32. The van der Waals surface area contributed by atoms with Crippen LogP contribution in [0.4, 0.5) is 0 Å². The highest BCUT2D eigenvalue weighted by Crippen LogP contribution is 2.65. The van der Waals surface area contributed by atoms with Crippen molar-refractivity contribution in [3.05, 3.63) is 47.9 Å². The average Bonchev–Trinajstić information content (AvgIpc) is 3.32. The van der Waals surface area contributed by atoms with Gasteiger partial charge in [0, 0.05) is 5.92 Å². The second kappa shape index (κ2) is 6.69. The van der Waals surface area contributed by atoms with Crippen molar-refractivity contribution in [2.75, 3.05) is 0 Å². The number of fused-ring (bicyclic) bond motifs is 5. The molecule has 2 N–H and O–H groups in total. The zero-order valence-electron chi connectivity index (χ0n) is 18.0. The maximum absolute atomic E-state index is 12.3. The predicted molar refractivity (Wildman–Crippen MR) is 122 cm³/mol. The molecular formula is C26H30ClNO3. The zero-order chi connectivity index (χ0) is 21.4. The van der Waals surface area contributed by atoms with Crippen molar-refractivity contribution in [1.82, 2.24) is 4.98 Å². The molecule has 0 bridgehead atoms. The Hall–Kier alpha value is -1.62. The first-order valence-corrected chi connectivity index (χ1v) is 12.1. The summed E-state index contributed by atoms with van der Waals surface area (Å²) in [6, 6.07) is 6.21. The van der Waals surface area contributed by atoms with E-state index in [0.717, 1.165) is 56.0 Å². The third kappa shape index (κ3) is 2.77. The summed E-state index contributed by atoms with van der Waals surface area (Å²) < 4.78 is 5.42. The van der Waals surface area contributed by atoms with E-state index in [2.05, 4.69) is 36.2 Å². The van der Waals surface area contributed by atoms with Crippen molar-refractivity contribution in [2.24, 2.45) is 17.3 Å². The second-order valence-corrected chi connectivity index (χ2v) is 11.2. The lowest BCUT2D eigenvalue weighted by Gasteiger charge is -2.56. The van der Waals surface area contributed by atoms with Gasteiger partial charge in [-0.25, -0.2) is 4.98 Å². The van der Waals surface area contributed by atoms with Crippen LogP contribution >= 0.6 is 11.6 Å². The van der Waals surface area contributed by atoms with Crippen LogP contribution < -0.4 is 0 Å². The maximum Gasteiger partial charge on any atom is 0.181 e. The number of allylic oxidation sites excluding steroid dienone is 2.